The van der Waals surface area contributed by atoms with Crippen LogP contribution in [0.2, 0.25) is 0 Å². The van der Waals surface area contributed by atoms with Gasteiger partial charge in [-0.2, -0.15) is 0 Å². The van der Waals surface area contributed by atoms with E-state index >= 15 is 0 Å². The Labute approximate surface area is 138 Å². The van der Waals surface area contributed by atoms with E-state index in [2.05, 4.69) is 55.4 Å². The number of rotatable bonds is 6. The summed E-state index contributed by atoms with van der Waals surface area (Å²) in [5.41, 5.74) is 2.38. The van der Waals surface area contributed by atoms with Crippen LogP contribution < -0.4 is 4.74 Å². The molecule has 2 atom stereocenters. The number of nitrogens with zero attached hydrogens (tertiary/aromatic N) is 1. The summed E-state index contributed by atoms with van der Waals surface area (Å²) in [5, 5.41) is 0. The average Bonchev–Trinajstić information content (AvgIpc) is 2.59. The van der Waals surface area contributed by atoms with Gasteiger partial charge in [0.15, 0.2) is 0 Å². The van der Waals surface area contributed by atoms with Crippen LogP contribution in [0.25, 0.3) is 0 Å². The molecule has 0 N–H and O–H groups in total. The highest BCUT2D eigenvalue weighted by Gasteiger charge is 2.29. The Morgan fingerprint density at radius 1 is 1.04 bits per heavy atom. The van der Waals surface area contributed by atoms with Crippen LogP contribution in [-0.4, -0.2) is 32.1 Å². The van der Waals surface area contributed by atoms with Gasteiger partial charge >= 0.3 is 0 Å². The topological polar surface area (TPSA) is 21.7 Å². The monoisotopic (exact) mass is 311 g/mol. The molecule has 0 bridgehead atoms. The second-order valence-electron chi connectivity index (χ2n) is 6.31. The summed E-state index contributed by atoms with van der Waals surface area (Å²) in [6.07, 6.45) is 2.07. The molecule has 3 rings (SSSR count). The van der Waals surface area contributed by atoms with Gasteiger partial charge in [0, 0.05) is 18.6 Å². The van der Waals surface area contributed by atoms with E-state index in [1.165, 1.54) is 11.1 Å². The Kier molecular flexibility index (Phi) is 5.31. The summed E-state index contributed by atoms with van der Waals surface area (Å²) in [4.78, 5) is 2.19. The molecule has 0 amide bonds. The molecule has 23 heavy (non-hydrogen) atoms. The lowest BCUT2D eigenvalue weighted by atomic mass is 9.95. The number of para-hydroxylation sites is 1. The summed E-state index contributed by atoms with van der Waals surface area (Å²) in [5.74, 6) is 0.949. The molecule has 2 unspecified atom stereocenters. The summed E-state index contributed by atoms with van der Waals surface area (Å²) in [6, 6.07) is 18.7. The third kappa shape index (κ3) is 4.12. The summed E-state index contributed by atoms with van der Waals surface area (Å²) in [6.45, 7) is 1.83. The van der Waals surface area contributed by atoms with Crippen molar-refractivity contribution in [2.45, 2.75) is 25.0 Å². The zero-order chi connectivity index (χ0) is 16.1. The first kappa shape index (κ1) is 16.0. The molecule has 2 aromatic carbocycles. The summed E-state index contributed by atoms with van der Waals surface area (Å²) < 4.78 is 12.4. The van der Waals surface area contributed by atoms with Gasteiger partial charge < -0.3 is 14.4 Å². The zero-order valence-corrected chi connectivity index (χ0v) is 13.9. The van der Waals surface area contributed by atoms with E-state index in [0.717, 1.165) is 31.7 Å². The molecule has 0 fully saturated rings. The molecule has 0 aromatic heterocycles. The molecule has 122 valence electrons. The van der Waals surface area contributed by atoms with Crippen molar-refractivity contribution < 1.29 is 9.47 Å². The highest BCUT2D eigenvalue weighted by atomic mass is 16.5. The highest BCUT2D eigenvalue weighted by molar-refractivity contribution is 5.38. The van der Waals surface area contributed by atoms with Crippen molar-refractivity contribution in [3.05, 3.63) is 65.7 Å². The molecule has 1 heterocycles. The molecule has 0 saturated heterocycles. The van der Waals surface area contributed by atoms with E-state index in [9.17, 15) is 0 Å². The van der Waals surface area contributed by atoms with Crippen LogP contribution >= 0.6 is 0 Å². The number of fused-ring (bicyclic) bond motifs is 1. The van der Waals surface area contributed by atoms with Crippen molar-refractivity contribution in [1.29, 1.82) is 0 Å². The molecular weight excluding hydrogens is 286 g/mol. The lowest BCUT2D eigenvalue weighted by Crippen LogP contribution is -2.22. The summed E-state index contributed by atoms with van der Waals surface area (Å²) in [7, 11) is 4.18. The van der Waals surface area contributed by atoms with Crippen LogP contribution in [0.4, 0.5) is 0 Å². The maximum atomic E-state index is 6.20. The Morgan fingerprint density at radius 2 is 1.78 bits per heavy atom. The van der Waals surface area contributed by atoms with Crippen LogP contribution in [0.15, 0.2) is 54.6 Å². The van der Waals surface area contributed by atoms with E-state index < -0.39 is 0 Å². The van der Waals surface area contributed by atoms with Gasteiger partial charge in [0.05, 0.1) is 6.10 Å². The average molecular weight is 311 g/mol. The van der Waals surface area contributed by atoms with Crippen LogP contribution in [0, 0.1) is 0 Å². The van der Waals surface area contributed by atoms with Gasteiger partial charge in [-0.1, -0.05) is 48.5 Å². The van der Waals surface area contributed by atoms with Crippen molar-refractivity contribution in [3.8, 4) is 5.75 Å². The van der Waals surface area contributed by atoms with Crippen molar-refractivity contribution in [2.24, 2.45) is 0 Å². The lowest BCUT2D eigenvalue weighted by molar-refractivity contribution is -0.00282. The van der Waals surface area contributed by atoms with Crippen molar-refractivity contribution >= 4 is 0 Å². The van der Waals surface area contributed by atoms with Crippen LogP contribution in [0.5, 0.6) is 5.75 Å². The number of hydrogen-bond acceptors (Lipinski definition) is 3. The van der Waals surface area contributed by atoms with Crippen molar-refractivity contribution in [3.63, 3.8) is 0 Å². The van der Waals surface area contributed by atoms with Crippen LogP contribution in [0.3, 0.4) is 0 Å². The Balaban J connectivity index is 1.72. The minimum Gasteiger partial charge on any atom is -0.485 e. The van der Waals surface area contributed by atoms with Gasteiger partial charge in [-0.15, -0.1) is 0 Å². The van der Waals surface area contributed by atoms with Gasteiger partial charge in [0.1, 0.15) is 11.9 Å². The van der Waals surface area contributed by atoms with Gasteiger partial charge in [-0.25, -0.2) is 0 Å². The molecule has 0 spiro atoms. The Hall–Kier alpha value is -1.84. The van der Waals surface area contributed by atoms with Crippen LogP contribution in [0.1, 0.15) is 36.2 Å². The minimum absolute atomic E-state index is 0.0601. The van der Waals surface area contributed by atoms with E-state index in [4.69, 9.17) is 9.47 Å². The SMILES string of the molecule is CN(C)CCCOC1CC(c2ccccc2)Oc2ccccc21. The smallest absolute Gasteiger partial charge is 0.127 e. The van der Waals surface area contributed by atoms with Gasteiger partial charge in [-0.3, -0.25) is 0 Å². The third-order valence-corrected chi connectivity index (χ3v) is 4.20. The minimum atomic E-state index is 0.0601. The van der Waals surface area contributed by atoms with E-state index in [0.29, 0.717) is 0 Å². The number of benzene rings is 2. The summed E-state index contributed by atoms with van der Waals surface area (Å²) >= 11 is 0. The standard InChI is InChI=1S/C20H25NO2/c1-21(2)13-8-14-22-20-15-19(16-9-4-3-5-10-16)23-18-12-7-6-11-17(18)20/h3-7,9-12,19-20H,8,13-15H2,1-2H3. The fraction of sp³-hybridized carbons (Fsp3) is 0.400. The molecule has 1 aliphatic rings. The third-order valence-electron chi connectivity index (χ3n) is 4.20. The van der Waals surface area contributed by atoms with E-state index in [-0.39, 0.29) is 12.2 Å². The molecule has 2 aromatic rings. The predicted octanol–water partition coefficient (Wildman–Crippen LogP) is 4.22. The lowest BCUT2D eigenvalue weighted by Gasteiger charge is -2.32. The number of hydrogen-bond donors (Lipinski definition) is 0. The highest BCUT2D eigenvalue weighted by Crippen LogP contribution is 2.42. The fourth-order valence-electron chi connectivity index (χ4n) is 3.01. The molecule has 3 heteroatoms. The molecule has 1 aliphatic heterocycles. The van der Waals surface area contributed by atoms with Crippen LogP contribution in [-0.2, 0) is 4.74 Å². The second kappa shape index (κ2) is 7.62. The first-order chi connectivity index (χ1) is 11.2. The van der Waals surface area contributed by atoms with Crippen molar-refractivity contribution in [1.82, 2.24) is 4.90 Å². The molecule has 0 radical (unpaired) electrons. The maximum Gasteiger partial charge on any atom is 0.127 e. The van der Waals surface area contributed by atoms with E-state index in [1.54, 1.807) is 0 Å². The zero-order valence-electron chi connectivity index (χ0n) is 13.9. The predicted molar refractivity (Wildman–Crippen MR) is 92.7 cm³/mol. The fourth-order valence-corrected chi connectivity index (χ4v) is 3.01. The molecular formula is C20H25NO2. The first-order valence-corrected chi connectivity index (χ1v) is 8.31. The second-order valence-corrected chi connectivity index (χ2v) is 6.31. The van der Waals surface area contributed by atoms with Gasteiger partial charge in [0.2, 0.25) is 0 Å². The first-order valence-electron chi connectivity index (χ1n) is 8.31. The Bertz CT molecular complexity index is 612. The molecule has 3 nitrogen and oxygen atoms in total. The molecule has 0 saturated carbocycles. The van der Waals surface area contributed by atoms with Crippen molar-refractivity contribution in [2.75, 3.05) is 27.2 Å². The largest absolute Gasteiger partial charge is 0.485 e. The van der Waals surface area contributed by atoms with E-state index in [1.807, 2.05) is 18.2 Å². The quantitative estimate of drug-likeness (QED) is 0.746. The molecule has 0 aliphatic carbocycles. The maximum absolute atomic E-state index is 6.20. The van der Waals surface area contributed by atoms with Gasteiger partial charge in [-0.05, 0) is 38.7 Å². The normalized spacial score (nSPS) is 20.1. The van der Waals surface area contributed by atoms with Gasteiger partial charge in [0.25, 0.3) is 0 Å². The number of ether oxygens (including phenoxy) is 2. The Morgan fingerprint density at radius 3 is 2.57 bits per heavy atom.